The average Bonchev–Trinajstić information content (AvgIpc) is 2.27. The molecule has 0 saturated carbocycles. The first-order chi connectivity index (χ1) is 8.73. The van der Waals surface area contributed by atoms with Crippen molar-refractivity contribution in [3.05, 3.63) is 41.1 Å². The average molecular weight is 277 g/mol. The lowest BCUT2D eigenvalue weighted by Gasteiger charge is -2.11. The summed E-state index contributed by atoms with van der Waals surface area (Å²) in [6, 6.07) is 2.83. The fourth-order valence-corrected chi connectivity index (χ4v) is 1.64. The third-order valence-electron chi connectivity index (χ3n) is 2.38. The maximum absolute atomic E-state index is 13.6. The molecule has 0 amide bonds. The van der Waals surface area contributed by atoms with Crippen LogP contribution in [0.5, 0.6) is 0 Å². The summed E-state index contributed by atoms with van der Waals surface area (Å²) in [6.07, 6.45) is -5.17. The first-order valence-electron chi connectivity index (χ1n) is 4.81. The molecular weight excluding hydrogens is 273 g/mol. The minimum absolute atomic E-state index is 0.578. The highest BCUT2D eigenvalue weighted by Gasteiger charge is 2.39. The van der Waals surface area contributed by atoms with Gasteiger partial charge >= 0.3 is 12.1 Å². The summed E-state index contributed by atoms with van der Waals surface area (Å²) in [7, 11) is 0. The van der Waals surface area contributed by atoms with Crippen LogP contribution in [0.25, 0.3) is 10.9 Å². The van der Waals surface area contributed by atoms with Crippen LogP contribution in [-0.2, 0) is 6.18 Å². The topological polar surface area (TPSA) is 50.2 Å². The first kappa shape index (κ1) is 13.2. The zero-order valence-corrected chi connectivity index (χ0v) is 8.92. The smallest absolute Gasteiger partial charge is 0.436 e. The molecule has 0 saturated heterocycles. The van der Waals surface area contributed by atoms with Gasteiger partial charge in [0.15, 0.2) is 11.5 Å². The lowest BCUT2D eigenvalue weighted by atomic mass is 10.1. The van der Waals surface area contributed by atoms with E-state index in [2.05, 4.69) is 4.98 Å². The molecule has 2 rings (SSSR count). The van der Waals surface area contributed by atoms with Crippen LogP contribution >= 0.6 is 0 Å². The molecule has 0 unspecified atom stereocenters. The zero-order valence-electron chi connectivity index (χ0n) is 8.92. The lowest BCUT2D eigenvalue weighted by molar-refractivity contribution is -0.143. The van der Waals surface area contributed by atoms with Crippen molar-refractivity contribution in [1.82, 2.24) is 4.98 Å². The highest BCUT2D eigenvalue weighted by atomic mass is 19.4. The Morgan fingerprint density at radius 2 is 1.84 bits per heavy atom. The molecule has 0 atom stereocenters. The van der Waals surface area contributed by atoms with Crippen LogP contribution in [0, 0.1) is 11.6 Å². The molecule has 0 aliphatic heterocycles. The summed E-state index contributed by atoms with van der Waals surface area (Å²) in [5, 5.41) is 7.99. The van der Waals surface area contributed by atoms with Crippen LogP contribution in [0.1, 0.15) is 16.1 Å². The van der Waals surface area contributed by atoms with E-state index < -0.39 is 45.9 Å². The van der Waals surface area contributed by atoms with Crippen LogP contribution < -0.4 is 0 Å². The number of hydrogen-bond acceptors (Lipinski definition) is 2. The summed E-state index contributed by atoms with van der Waals surface area (Å²) < 4.78 is 64.7. The van der Waals surface area contributed by atoms with Crippen LogP contribution in [0.3, 0.4) is 0 Å². The van der Waals surface area contributed by atoms with E-state index in [9.17, 15) is 26.7 Å². The standard InChI is InChI=1S/C11H4F5NO2/c12-4-2-1-3-5-6(4)7(10(18)19)8(13)9(17-5)11(14,15)16/h1-3H,(H,18,19). The SMILES string of the molecule is O=C(O)c1c(F)c(C(F)(F)F)nc2cccc(F)c12. The summed E-state index contributed by atoms with van der Waals surface area (Å²) in [5.74, 6) is -5.26. The molecule has 0 bridgehead atoms. The van der Waals surface area contributed by atoms with Gasteiger partial charge in [0.2, 0.25) is 0 Å². The van der Waals surface area contributed by atoms with E-state index >= 15 is 0 Å². The largest absolute Gasteiger partial charge is 0.478 e. The van der Waals surface area contributed by atoms with E-state index in [1.807, 2.05) is 0 Å². The number of carbonyl (C=O) groups is 1. The van der Waals surface area contributed by atoms with Crippen molar-refractivity contribution in [2.45, 2.75) is 6.18 Å². The molecule has 1 heterocycles. The summed E-state index contributed by atoms with van der Waals surface area (Å²) in [5.41, 5.74) is -3.94. The van der Waals surface area contributed by atoms with Gasteiger partial charge in [0.25, 0.3) is 0 Å². The van der Waals surface area contributed by atoms with Gasteiger partial charge in [-0.15, -0.1) is 0 Å². The number of pyridine rings is 1. The second-order valence-corrected chi connectivity index (χ2v) is 3.59. The lowest BCUT2D eigenvalue weighted by Crippen LogP contribution is -2.16. The molecule has 0 aliphatic carbocycles. The van der Waals surface area contributed by atoms with E-state index in [1.165, 1.54) is 0 Å². The Hall–Kier alpha value is -2.25. The number of halogens is 5. The molecule has 1 aromatic heterocycles. The van der Waals surface area contributed by atoms with Gasteiger partial charge in [0.1, 0.15) is 11.4 Å². The van der Waals surface area contributed by atoms with Crippen molar-refractivity contribution in [3.63, 3.8) is 0 Å². The Morgan fingerprint density at radius 1 is 1.21 bits per heavy atom. The number of carboxylic acids is 1. The monoisotopic (exact) mass is 277 g/mol. The fraction of sp³-hybridized carbons (Fsp3) is 0.0909. The Kier molecular flexibility index (Phi) is 2.88. The summed E-state index contributed by atoms with van der Waals surface area (Å²) in [6.45, 7) is 0. The normalized spacial score (nSPS) is 11.8. The molecule has 0 aliphatic rings. The molecule has 8 heteroatoms. The number of benzene rings is 1. The van der Waals surface area contributed by atoms with Crippen molar-refractivity contribution >= 4 is 16.9 Å². The maximum atomic E-state index is 13.6. The van der Waals surface area contributed by atoms with E-state index in [4.69, 9.17) is 5.11 Å². The molecular formula is C11H4F5NO2. The van der Waals surface area contributed by atoms with Gasteiger partial charge in [0.05, 0.1) is 10.9 Å². The van der Waals surface area contributed by atoms with Gasteiger partial charge in [0, 0.05) is 0 Å². The maximum Gasteiger partial charge on any atom is 0.436 e. The van der Waals surface area contributed by atoms with Crippen molar-refractivity contribution in [2.24, 2.45) is 0 Å². The van der Waals surface area contributed by atoms with Crippen LogP contribution in [0.15, 0.2) is 18.2 Å². The number of aromatic nitrogens is 1. The molecule has 0 radical (unpaired) electrons. The minimum Gasteiger partial charge on any atom is -0.478 e. The summed E-state index contributed by atoms with van der Waals surface area (Å²) in [4.78, 5) is 13.8. The number of alkyl halides is 3. The molecule has 3 nitrogen and oxygen atoms in total. The Balaban J connectivity index is 3.00. The zero-order chi connectivity index (χ0) is 14.4. The summed E-state index contributed by atoms with van der Waals surface area (Å²) >= 11 is 0. The van der Waals surface area contributed by atoms with Crippen LogP contribution in [-0.4, -0.2) is 16.1 Å². The van der Waals surface area contributed by atoms with Crippen LogP contribution in [0.2, 0.25) is 0 Å². The van der Waals surface area contributed by atoms with Gasteiger partial charge < -0.3 is 5.11 Å². The fourth-order valence-electron chi connectivity index (χ4n) is 1.64. The Bertz CT molecular complexity index is 681. The number of aromatic carboxylic acids is 1. The Labute approximate surface area is 102 Å². The van der Waals surface area contributed by atoms with Gasteiger partial charge in [-0.05, 0) is 12.1 Å². The highest BCUT2D eigenvalue weighted by molar-refractivity contribution is 6.03. The quantitative estimate of drug-likeness (QED) is 0.814. The number of nitrogens with zero attached hydrogens (tertiary/aromatic N) is 1. The van der Waals surface area contributed by atoms with Gasteiger partial charge in [-0.25, -0.2) is 18.6 Å². The number of rotatable bonds is 1. The molecule has 0 fully saturated rings. The molecule has 0 spiro atoms. The van der Waals surface area contributed by atoms with Crippen molar-refractivity contribution < 1.29 is 31.9 Å². The van der Waals surface area contributed by atoms with Crippen molar-refractivity contribution in [3.8, 4) is 0 Å². The van der Waals surface area contributed by atoms with Crippen LogP contribution in [0.4, 0.5) is 22.0 Å². The van der Waals surface area contributed by atoms with E-state index in [1.54, 1.807) is 0 Å². The number of hydrogen-bond donors (Lipinski definition) is 1. The number of fused-ring (bicyclic) bond motifs is 1. The van der Waals surface area contributed by atoms with Crippen molar-refractivity contribution in [1.29, 1.82) is 0 Å². The molecule has 19 heavy (non-hydrogen) atoms. The third-order valence-corrected chi connectivity index (χ3v) is 2.38. The molecule has 2 aromatic rings. The van der Waals surface area contributed by atoms with Gasteiger partial charge in [-0.2, -0.15) is 13.2 Å². The molecule has 1 N–H and O–H groups in total. The first-order valence-corrected chi connectivity index (χ1v) is 4.81. The molecule has 1 aromatic carbocycles. The van der Waals surface area contributed by atoms with E-state index in [0.29, 0.717) is 0 Å². The predicted molar refractivity (Wildman–Crippen MR) is 53.6 cm³/mol. The highest BCUT2D eigenvalue weighted by Crippen LogP contribution is 2.34. The third kappa shape index (κ3) is 2.09. The van der Waals surface area contributed by atoms with Crippen molar-refractivity contribution in [2.75, 3.05) is 0 Å². The second kappa shape index (κ2) is 4.15. The van der Waals surface area contributed by atoms with Gasteiger partial charge in [-0.3, -0.25) is 0 Å². The van der Waals surface area contributed by atoms with E-state index in [-0.39, 0.29) is 0 Å². The molecule has 100 valence electrons. The minimum atomic E-state index is -5.17. The predicted octanol–water partition coefficient (Wildman–Crippen LogP) is 3.23. The second-order valence-electron chi connectivity index (χ2n) is 3.59. The Morgan fingerprint density at radius 3 is 2.37 bits per heavy atom. The van der Waals surface area contributed by atoms with Gasteiger partial charge in [-0.1, -0.05) is 6.07 Å². The van der Waals surface area contributed by atoms with E-state index in [0.717, 1.165) is 18.2 Å². The number of carboxylic acid groups (broad SMARTS) is 1.